The highest BCUT2D eigenvalue weighted by Crippen LogP contribution is 2.32. The predicted molar refractivity (Wildman–Crippen MR) is 64.6 cm³/mol. The molecule has 1 aromatic carbocycles. The van der Waals surface area contributed by atoms with Gasteiger partial charge in [-0.15, -0.1) is 0 Å². The molecule has 4 nitrogen and oxygen atoms in total. The van der Waals surface area contributed by atoms with Crippen LogP contribution in [0.15, 0.2) is 30.3 Å². The van der Waals surface area contributed by atoms with E-state index in [2.05, 4.69) is 25.4 Å². The molecule has 0 radical (unpaired) electrons. The lowest BCUT2D eigenvalue weighted by molar-refractivity contribution is -0.376. The summed E-state index contributed by atoms with van der Waals surface area (Å²) in [5, 5.41) is 1.70. The molecule has 106 valence electrons. The SMILES string of the molecule is COC(NC(=O)c1ccccc1)(OCBr)C(F)(F)F. The van der Waals surface area contributed by atoms with Gasteiger partial charge >= 0.3 is 12.1 Å². The number of rotatable bonds is 5. The number of carbonyl (C=O) groups excluding carboxylic acids is 1. The zero-order valence-electron chi connectivity index (χ0n) is 9.83. The third kappa shape index (κ3) is 3.68. The van der Waals surface area contributed by atoms with E-state index in [-0.39, 0.29) is 5.56 Å². The van der Waals surface area contributed by atoms with Gasteiger partial charge in [-0.05, 0) is 12.1 Å². The zero-order valence-corrected chi connectivity index (χ0v) is 11.4. The Morgan fingerprint density at radius 2 is 1.89 bits per heavy atom. The van der Waals surface area contributed by atoms with Crippen LogP contribution in [0.4, 0.5) is 13.2 Å². The summed E-state index contributed by atoms with van der Waals surface area (Å²) in [7, 11) is 0.793. The van der Waals surface area contributed by atoms with E-state index in [0.717, 1.165) is 7.11 Å². The molecule has 0 spiro atoms. The fourth-order valence-corrected chi connectivity index (χ4v) is 1.62. The first-order valence-corrected chi connectivity index (χ1v) is 6.18. The van der Waals surface area contributed by atoms with Crippen LogP contribution in [-0.4, -0.2) is 30.6 Å². The molecule has 1 unspecified atom stereocenters. The zero-order chi connectivity index (χ0) is 14.5. The van der Waals surface area contributed by atoms with Gasteiger partial charge in [-0.25, -0.2) is 0 Å². The fourth-order valence-electron chi connectivity index (χ4n) is 1.30. The van der Waals surface area contributed by atoms with Crippen LogP contribution < -0.4 is 5.32 Å². The lowest BCUT2D eigenvalue weighted by atomic mass is 10.2. The van der Waals surface area contributed by atoms with E-state index in [1.165, 1.54) is 24.3 Å². The first-order valence-electron chi connectivity index (χ1n) is 5.05. The van der Waals surface area contributed by atoms with Crippen molar-refractivity contribution in [3.8, 4) is 0 Å². The fraction of sp³-hybridized carbons (Fsp3) is 0.364. The Bertz CT molecular complexity index is 427. The summed E-state index contributed by atoms with van der Waals surface area (Å²) >= 11 is 2.71. The summed E-state index contributed by atoms with van der Waals surface area (Å²) in [6, 6.07) is 7.45. The van der Waals surface area contributed by atoms with Crippen LogP contribution in [0.5, 0.6) is 0 Å². The quantitative estimate of drug-likeness (QED) is 0.661. The summed E-state index contributed by atoms with van der Waals surface area (Å²) in [5.74, 6) is -4.15. The summed E-state index contributed by atoms with van der Waals surface area (Å²) in [6.45, 7) is 0. The van der Waals surface area contributed by atoms with Crippen molar-refractivity contribution in [2.75, 3.05) is 12.6 Å². The molecule has 1 N–H and O–H groups in total. The number of amides is 1. The number of hydrogen-bond acceptors (Lipinski definition) is 3. The van der Waals surface area contributed by atoms with Gasteiger partial charge in [0.05, 0.1) is 0 Å². The summed E-state index contributed by atoms with van der Waals surface area (Å²) in [5.41, 5.74) is -0.401. The Morgan fingerprint density at radius 1 is 1.32 bits per heavy atom. The Balaban J connectivity index is 2.99. The highest BCUT2D eigenvalue weighted by atomic mass is 79.9. The molecule has 0 aliphatic heterocycles. The van der Waals surface area contributed by atoms with Crippen molar-refractivity contribution >= 4 is 21.8 Å². The van der Waals surface area contributed by atoms with E-state index in [1.807, 2.05) is 0 Å². The van der Waals surface area contributed by atoms with Gasteiger partial charge in [0.1, 0.15) is 5.52 Å². The molecular weight excluding hydrogens is 331 g/mol. The van der Waals surface area contributed by atoms with Crippen molar-refractivity contribution in [1.82, 2.24) is 5.32 Å². The minimum Gasteiger partial charge on any atom is -0.329 e. The van der Waals surface area contributed by atoms with Gasteiger partial charge in [0.25, 0.3) is 5.91 Å². The Labute approximate surface area is 116 Å². The maximum atomic E-state index is 13.0. The number of methoxy groups -OCH3 is 1. The molecule has 1 amide bonds. The Hall–Kier alpha value is -1.12. The second-order valence-electron chi connectivity index (χ2n) is 3.39. The largest absolute Gasteiger partial charge is 0.465 e. The van der Waals surface area contributed by atoms with E-state index in [0.29, 0.717) is 0 Å². The average Bonchev–Trinajstić information content (AvgIpc) is 2.37. The highest BCUT2D eigenvalue weighted by molar-refractivity contribution is 9.09. The van der Waals surface area contributed by atoms with Crippen LogP contribution in [0.2, 0.25) is 0 Å². The molecule has 1 aromatic rings. The van der Waals surface area contributed by atoms with Gasteiger partial charge in [0.15, 0.2) is 0 Å². The van der Waals surface area contributed by atoms with E-state index >= 15 is 0 Å². The van der Waals surface area contributed by atoms with Crippen LogP contribution in [0.3, 0.4) is 0 Å². The number of carbonyl (C=O) groups is 1. The third-order valence-electron chi connectivity index (χ3n) is 2.23. The number of nitrogens with one attached hydrogen (secondary N) is 1. The van der Waals surface area contributed by atoms with Crippen LogP contribution in [0.1, 0.15) is 10.4 Å². The predicted octanol–water partition coefficient (Wildman–Crippen LogP) is 2.65. The summed E-state index contributed by atoms with van der Waals surface area (Å²) in [4.78, 5) is 11.8. The van der Waals surface area contributed by atoms with Crippen LogP contribution in [-0.2, 0) is 9.47 Å². The number of benzene rings is 1. The first-order chi connectivity index (χ1) is 8.86. The van der Waals surface area contributed by atoms with Gasteiger partial charge in [0.2, 0.25) is 0 Å². The molecule has 0 bridgehead atoms. The molecule has 0 aliphatic rings. The monoisotopic (exact) mass is 341 g/mol. The molecule has 1 atom stereocenters. The van der Waals surface area contributed by atoms with Crippen molar-refractivity contribution in [1.29, 1.82) is 0 Å². The van der Waals surface area contributed by atoms with Crippen LogP contribution in [0.25, 0.3) is 0 Å². The molecule has 0 saturated carbocycles. The number of alkyl halides is 4. The standard InChI is InChI=1S/C11H11BrF3NO3/c1-18-11(19-7-12,10(13,14)15)16-9(17)8-5-3-2-4-6-8/h2-6H,7H2,1H3,(H,16,17). The second-order valence-corrected chi connectivity index (χ2v) is 3.85. The molecule has 0 fully saturated rings. The van der Waals surface area contributed by atoms with Crippen molar-refractivity contribution in [3.05, 3.63) is 35.9 Å². The highest BCUT2D eigenvalue weighted by Gasteiger charge is 2.59. The molecule has 19 heavy (non-hydrogen) atoms. The molecule has 0 aliphatic carbocycles. The minimum atomic E-state index is -4.93. The smallest absolute Gasteiger partial charge is 0.329 e. The number of halogens is 4. The number of ether oxygens (including phenoxy) is 2. The summed E-state index contributed by atoms with van der Waals surface area (Å²) < 4.78 is 47.7. The summed E-state index contributed by atoms with van der Waals surface area (Å²) in [6.07, 6.45) is -4.93. The van der Waals surface area contributed by atoms with E-state index in [4.69, 9.17) is 0 Å². The van der Waals surface area contributed by atoms with Crippen LogP contribution in [0, 0.1) is 0 Å². The first kappa shape index (κ1) is 15.9. The van der Waals surface area contributed by atoms with Crippen molar-refractivity contribution in [3.63, 3.8) is 0 Å². The van der Waals surface area contributed by atoms with Crippen LogP contribution >= 0.6 is 15.9 Å². The van der Waals surface area contributed by atoms with Gasteiger partial charge in [0, 0.05) is 12.7 Å². The lowest BCUT2D eigenvalue weighted by Gasteiger charge is -2.33. The molecule has 0 heterocycles. The average molecular weight is 342 g/mol. The molecule has 8 heteroatoms. The molecule has 0 aromatic heterocycles. The normalized spacial score (nSPS) is 14.8. The van der Waals surface area contributed by atoms with Crippen molar-refractivity contribution in [2.24, 2.45) is 0 Å². The van der Waals surface area contributed by atoms with Gasteiger partial charge in [-0.3, -0.25) is 10.1 Å². The molecule has 0 saturated heterocycles. The second kappa shape index (κ2) is 6.36. The van der Waals surface area contributed by atoms with Crippen molar-refractivity contribution < 1.29 is 27.4 Å². The van der Waals surface area contributed by atoms with Gasteiger partial charge in [-0.1, -0.05) is 34.1 Å². The minimum absolute atomic E-state index is 0.0614. The third-order valence-corrected chi connectivity index (χ3v) is 2.46. The number of hydrogen-bond donors (Lipinski definition) is 1. The molecular formula is C11H11BrF3NO3. The lowest BCUT2D eigenvalue weighted by Crippen LogP contribution is -2.61. The maximum absolute atomic E-state index is 13.0. The Kier molecular flexibility index (Phi) is 5.33. The Morgan fingerprint density at radius 3 is 2.32 bits per heavy atom. The topological polar surface area (TPSA) is 47.6 Å². The van der Waals surface area contributed by atoms with E-state index in [1.54, 1.807) is 11.4 Å². The van der Waals surface area contributed by atoms with Crippen molar-refractivity contribution in [2.45, 2.75) is 12.1 Å². The maximum Gasteiger partial charge on any atom is 0.465 e. The van der Waals surface area contributed by atoms with Gasteiger partial charge in [-0.2, -0.15) is 13.2 Å². The van der Waals surface area contributed by atoms with E-state index < -0.39 is 23.5 Å². The molecule has 1 rings (SSSR count). The van der Waals surface area contributed by atoms with Gasteiger partial charge < -0.3 is 9.47 Å². The van der Waals surface area contributed by atoms with E-state index in [9.17, 15) is 18.0 Å².